The zero-order chi connectivity index (χ0) is 113. The number of phosphoric acid groups is 3. The Hall–Kier alpha value is -9.54. The Morgan fingerprint density at radius 2 is 0.638 bits per heavy atom. The van der Waals surface area contributed by atoms with Gasteiger partial charge in [0.05, 0.1) is 140 Å². The number of esters is 3. The van der Waals surface area contributed by atoms with Gasteiger partial charge in [0.1, 0.15) is 73.2 Å². The fraction of sp³-hybridized carbons (Fsp3) is 0.552. The topological polar surface area (TPSA) is 622 Å². The van der Waals surface area contributed by atoms with E-state index in [0.29, 0.717) is 0 Å². The van der Waals surface area contributed by atoms with Crippen LogP contribution >= 0.6 is 23.5 Å². The molecule has 138 heavy (non-hydrogen) atoms. The summed E-state index contributed by atoms with van der Waals surface area (Å²) < 4.78 is 348. The Bertz CT molecular complexity index is 6490. The molecule has 48 nitrogen and oxygen atoms in total. The molecule has 51 heteroatoms. The highest BCUT2D eigenvalue weighted by Crippen LogP contribution is 2.64. The van der Waals surface area contributed by atoms with Gasteiger partial charge in [0, 0.05) is 38.2 Å². The summed E-state index contributed by atoms with van der Waals surface area (Å²) in [7, 11) is -27.1. The monoisotopic (exact) mass is 2020 g/mol. The maximum absolute atomic E-state index is 13.8. The normalized spacial score (nSPS) is 38.7. The van der Waals surface area contributed by atoms with Gasteiger partial charge in [-0.05, 0) is 144 Å². The third-order valence-electron chi connectivity index (χ3n) is 25.4. The predicted octanol–water partition coefficient (Wildman–Crippen LogP) is 3.31. The molecule has 0 saturated carbocycles. The van der Waals surface area contributed by atoms with Crippen LogP contribution in [0.2, 0.25) is 0 Å². The third-order valence-corrected chi connectivity index (χ3v) is 26.6. The molecule has 0 aromatic heterocycles. The number of hydrogen-bond acceptors (Lipinski definition) is 42. The first kappa shape index (κ1) is 77.2. The highest BCUT2D eigenvalue weighted by Gasteiger charge is 2.62. The average Bonchev–Trinajstić information content (AvgIpc) is 1.50. The van der Waals surface area contributed by atoms with Gasteiger partial charge in [0.2, 0.25) is 37.6 Å². The molecule has 12 N–H and O–H groups in total. The predicted molar refractivity (Wildman–Crippen MR) is 448 cm³/mol. The number of aliphatic hydroxyl groups excluding tert-OH is 6. The van der Waals surface area contributed by atoms with Crippen LogP contribution < -0.4 is 70.4 Å². The van der Waals surface area contributed by atoms with Gasteiger partial charge >= 0.3 is 41.4 Å². The number of cyclic esters (lactones) is 3. The number of methoxy groups -OCH3 is 6. The first-order chi connectivity index (χ1) is 72.7. The molecule has 30 atom stereocenters. The number of ether oxygens (including phenoxy) is 27. The van der Waals surface area contributed by atoms with Gasteiger partial charge in [-0.15, -0.1) is 0 Å². The number of fused-ring (bicyclic) bond motifs is 12. The van der Waals surface area contributed by atoms with Crippen molar-refractivity contribution in [1.82, 2.24) is 0 Å². The third kappa shape index (κ3) is 18.3. The lowest BCUT2D eigenvalue weighted by atomic mass is 9.66. The molecule has 6 aromatic rings. The molecule has 0 bridgehead atoms. The van der Waals surface area contributed by atoms with Crippen LogP contribution in [0.3, 0.4) is 0 Å². The number of carbonyl (C=O) groups excluding carboxylic acids is 3. The Morgan fingerprint density at radius 3 is 0.978 bits per heavy atom. The van der Waals surface area contributed by atoms with Crippen molar-refractivity contribution in [3.63, 3.8) is 0 Å². The van der Waals surface area contributed by atoms with Crippen LogP contribution in [0.15, 0.2) is 72.8 Å². The summed E-state index contributed by atoms with van der Waals surface area (Å²) >= 11 is 0. The molecule has 9 fully saturated rings. The second kappa shape index (κ2) is 38.4. The maximum atomic E-state index is 13.8. The molecule has 6 aromatic carbocycles. The van der Waals surface area contributed by atoms with E-state index in [1.807, 2.05) is 0 Å². The van der Waals surface area contributed by atoms with Crippen LogP contribution in [-0.2, 0) is 99.1 Å². The zero-order valence-corrected chi connectivity index (χ0v) is 74.6. The first-order valence-electron chi connectivity index (χ1n) is 51.1. The second-order valence-electron chi connectivity index (χ2n) is 33.4. The summed E-state index contributed by atoms with van der Waals surface area (Å²) in [5, 5.41) is 66.4. The molecule has 0 spiro atoms. The highest BCUT2D eigenvalue weighted by atomic mass is 31.2. The smallest absolute Gasteiger partial charge is 0.493 e. The van der Waals surface area contributed by atoms with Gasteiger partial charge in [0.15, 0.2) is 107 Å². The minimum Gasteiger partial charge on any atom is -0.493 e. The van der Waals surface area contributed by atoms with E-state index < -0.39 is 305 Å². The zero-order valence-electron chi connectivity index (χ0n) is 89.9. The number of rotatable bonds is 21. The van der Waals surface area contributed by atoms with Crippen molar-refractivity contribution in [1.29, 1.82) is 0 Å². The lowest BCUT2D eigenvalue weighted by Gasteiger charge is -2.47. The summed E-state index contributed by atoms with van der Waals surface area (Å²) in [6.07, 6.45) is -26.3. The van der Waals surface area contributed by atoms with E-state index in [2.05, 4.69) is 9.05 Å². The number of hydrogen-bond donors (Lipinski definition) is 12. The minimum atomic E-state index is -5.54. The van der Waals surface area contributed by atoms with E-state index in [-0.39, 0.29) is 143 Å². The van der Waals surface area contributed by atoms with E-state index >= 15 is 0 Å². The van der Waals surface area contributed by atoms with Gasteiger partial charge in [-0.3, -0.25) is 43.7 Å². The van der Waals surface area contributed by atoms with E-state index in [1.165, 1.54) is 62.8 Å². The van der Waals surface area contributed by atoms with Crippen molar-refractivity contribution in [3.8, 4) is 86.2 Å². The fourth-order valence-electron chi connectivity index (χ4n) is 19.5. The maximum Gasteiger partial charge on any atom is 0.525 e. The van der Waals surface area contributed by atoms with Crippen molar-refractivity contribution in [2.24, 2.45) is 35.5 Å². The summed E-state index contributed by atoms with van der Waals surface area (Å²) in [5.74, 6) is -24.3. The molecular formula is C87H99O48P3. The highest BCUT2D eigenvalue weighted by molar-refractivity contribution is 7.47. The van der Waals surface area contributed by atoms with Gasteiger partial charge in [-0.25, -0.2) is 13.7 Å². The van der Waals surface area contributed by atoms with Crippen molar-refractivity contribution in [3.05, 3.63) is 123 Å². The van der Waals surface area contributed by atoms with Gasteiger partial charge < -0.3 is 172 Å². The Morgan fingerprint density at radius 1 is 0.348 bits per heavy atom. The van der Waals surface area contributed by atoms with Crippen LogP contribution in [0.25, 0.3) is 0 Å². The molecule has 750 valence electrons. The molecule has 9 saturated heterocycles. The molecule has 15 aliphatic rings. The quantitative estimate of drug-likeness (QED) is 0.0279. The summed E-state index contributed by atoms with van der Waals surface area (Å²) in [5.41, 5.74) is -0.0413. The molecule has 21 rings (SSSR count). The molecule has 0 unspecified atom stereocenters. The lowest BCUT2D eigenvalue weighted by Crippen LogP contribution is -2.63. The van der Waals surface area contributed by atoms with Crippen LogP contribution in [0.5, 0.6) is 86.2 Å². The Balaban J connectivity index is 0.000000146. The Kier molecular flexibility index (Phi) is 21.5. The van der Waals surface area contributed by atoms with Crippen LogP contribution in [-0.4, -0.2) is 291 Å². The van der Waals surface area contributed by atoms with Crippen molar-refractivity contribution < 1.29 is 254 Å². The molecule has 12 aliphatic heterocycles. The van der Waals surface area contributed by atoms with Gasteiger partial charge in [0.25, 0.3) is 0 Å². The second-order valence-corrected chi connectivity index (χ2v) is 36.9. The first-order valence-corrected chi connectivity index (χ1v) is 46.7. The van der Waals surface area contributed by atoms with E-state index in [0.717, 1.165) is 24.3 Å². The summed E-state index contributed by atoms with van der Waals surface area (Å²) in [4.78, 5) is 98.9. The number of carbonyl (C=O) groups is 3. The molecule has 3 aliphatic carbocycles. The van der Waals surface area contributed by atoms with E-state index in [4.69, 9.17) is 154 Å². The van der Waals surface area contributed by atoms with Crippen molar-refractivity contribution in [2.75, 3.05) is 102 Å². The van der Waals surface area contributed by atoms with Crippen molar-refractivity contribution >= 4 is 41.4 Å². The number of phosphoric ester groups is 3. The number of benzene rings is 6. The number of aliphatic hydroxyl groups is 6. The average molecular weight is 2020 g/mol. The van der Waals surface area contributed by atoms with Gasteiger partial charge in [-0.2, -0.15) is 0 Å². The van der Waals surface area contributed by atoms with Crippen LogP contribution in [0, 0.1) is 35.5 Å². The fourth-order valence-corrected chi connectivity index (χ4v) is 20.7. The van der Waals surface area contributed by atoms with Crippen molar-refractivity contribution in [2.45, 2.75) is 168 Å². The SMILES string of the molecule is [2H]C([2H])([2H])Oc1cc([C@@H]2c3cc4c(cc3[C@@H](O[C@@H]3O[C@@H]5CO[C@@H](C)O[C@H]5[C@H](O)[C@H]3O)[C@@H]3[C@@H]2C(=O)OC3([2H])[2H])OCO4)cc(OC([2H])([2H])[2H])c1OP(=O)(O)O.[2H]C([2H])([2H])Oc1cc([C@]2([2H])c3cc4c(cc3[C@@H](O[C@@H]3O[C@@H]5CO[C@@H](C)O[C@H]5[C@H](O)[C@H]3O)[C@H]3COC(=O)[C@@H]32)OCO4)cc(OC([2H])([2H])[2H])c1OP(=O)(O)O.[2H]C1([2H])OC(=O)[C@H]2[C@H]1[C@H](O[C@@H]1O[C@@H]3CO[C@@H](C)O[C@H]3[C@H](O)[C@H]1O)c1cc3c(cc1[C@@]2([2H])c1cc(OC)c(OP(=O)(O)O)c(OC)c1)OCO3. The summed E-state index contributed by atoms with van der Waals surface area (Å²) in [6.45, 7) is -1.85. The minimum absolute atomic E-state index is 0.00881. The molecule has 0 radical (unpaired) electrons. The van der Waals surface area contributed by atoms with Gasteiger partial charge in [-0.1, -0.05) is 0 Å². The molecular weight excluding hydrogens is 1910 g/mol. The largest absolute Gasteiger partial charge is 0.525 e. The Labute approximate surface area is 808 Å². The molecule has 0 amide bonds. The summed E-state index contributed by atoms with van der Waals surface area (Å²) in [6, 6.07) is 14.5. The molecule has 12 heterocycles. The van der Waals surface area contributed by atoms with E-state index in [1.54, 1.807) is 20.8 Å². The lowest BCUT2D eigenvalue weighted by molar-refractivity contribution is -0.364. The van der Waals surface area contributed by atoms with Crippen LogP contribution in [0.4, 0.5) is 0 Å². The van der Waals surface area contributed by atoms with Crippen LogP contribution in [0.1, 0.15) is 132 Å². The van der Waals surface area contributed by atoms with E-state index in [9.17, 15) is 90.8 Å². The standard InChI is InChI=1S/3C29H33O16P/c3*1-11-38-9-20-27(42-11)23(30)24(31)29(43-20)44-25-14-7-17-16(40-10-41-17)6-13(14)21(22-15(25)8-39-28(22)32)12-4-18(36-2)26(19(5-12)37-3)45-46(33,34)35/h3*4-7,11,15,20-25,27,29-31H,8-10H2,1-3H3,(H2,33,34,35)/t3*11-,15+,20-,21-,22+,23-,24-,25-,27-,29+/m111/s1/i2D3,3D3,21D;2D3,3D3,8D2;8D2,21D.